The molecule has 0 heterocycles. The van der Waals surface area contributed by atoms with Gasteiger partial charge in [0.05, 0.1) is 26.3 Å². The van der Waals surface area contributed by atoms with E-state index in [9.17, 15) is 13.2 Å². The Morgan fingerprint density at radius 2 is 1.66 bits per heavy atom. The molecule has 0 aliphatic heterocycles. The van der Waals surface area contributed by atoms with Gasteiger partial charge in [-0.3, -0.25) is 9.10 Å². The van der Waals surface area contributed by atoms with Gasteiger partial charge in [0.2, 0.25) is 0 Å². The van der Waals surface area contributed by atoms with Crippen molar-refractivity contribution in [2.45, 2.75) is 11.8 Å². The minimum atomic E-state index is -4.05. The number of hydrazone groups is 1. The molecule has 3 aromatic rings. The number of anilines is 1. The summed E-state index contributed by atoms with van der Waals surface area (Å²) in [7, 11) is -4.05. The Hall–Kier alpha value is -2.14. The summed E-state index contributed by atoms with van der Waals surface area (Å²) in [5.41, 5.74) is 4.05. The van der Waals surface area contributed by atoms with E-state index in [1.165, 1.54) is 30.3 Å². The van der Waals surface area contributed by atoms with Crippen LogP contribution in [-0.2, 0) is 14.8 Å². The van der Waals surface area contributed by atoms with E-state index in [0.717, 1.165) is 13.4 Å². The second kappa shape index (κ2) is 10.7. The molecule has 0 spiro atoms. The van der Waals surface area contributed by atoms with E-state index in [1.807, 2.05) is 24.3 Å². The lowest BCUT2D eigenvalue weighted by Crippen LogP contribution is -2.39. The molecule has 0 radical (unpaired) electrons. The smallest absolute Gasteiger partial charge is 0.264 e. The van der Waals surface area contributed by atoms with Gasteiger partial charge in [-0.2, -0.15) is 5.10 Å². The highest BCUT2D eigenvalue weighted by atomic mass is 127. The molecule has 0 fully saturated rings. The molecule has 0 atom stereocenters. The van der Waals surface area contributed by atoms with Crippen LogP contribution in [0.15, 0.2) is 82.8 Å². The van der Waals surface area contributed by atoms with Crippen LogP contribution in [-0.4, -0.2) is 26.6 Å². The van der Waals surface area contributed by atoms with E-state index in [4.69, 9.17) is 23.2 Å². The van der Waals surface area contributed by atoms with Crippen LogP contribution < -0.4 is 9.73 Å². The van der Waals surface area contributed by atoms with Gasteiger partial charge in [0.1, 0.15) is 6.54 Å². The average molecular weight is 602 g/mol. The molecule has 3 aromatic carbocycles. The number of nitrogens with one attached hydrogen (secondary N) is 1. The number of halogens is 3. The number of hydrogen-bond donors (Lipinski definition) is 1. The first-order valence-corrected chi connectivity index (χ1v) is 12.6. The fraction of sp³-hybridized carbons (Fsp3) is 0.0909. The number of hydrogen-bond acceptors (Lipinski definition) is 4. The van der Waals surface area contributed by atoms with E-state index in [2.05, 4.69) is 33.1 Å². The molecule has 3 rings (SSSR count). The van der Waals surface area contributed by atoms with Crippen LogP contribution >= 0.6 is 45.8 Å². The highest BCUT2D eigenvalue weighted by Gasteiger charge is 2.27. The summed E-state index contributed by atoms with van der Waals surface area (Å²) in [5, 5.41) is 4.55. The van der Waals surface area contributed by atoms with Crippen molar-refractivity contribution in [2.75, 3.05) is 10.8 Å². The van der Waals surface area contributed by atoms with Gasteiger partial charge in [0.25, 0.3) is 15.9 Å². The van der Waals surface area contributed by atoms with Crippen LogP contribution in [0.4, 0.5) is 5.69 Å². The summed E-state index contributed by atoms with van der Waals surface area (Å²) in [6.07, 6.45) is 0. The number of sulfonamides is 1. The van der Waals surface area contributed by atoms with Crippen LogP contribution in [0.1, 0.15) is 12.5 Å². The fourth-order valence-electron chi connectivity index (χ4n) is 2.74. The van der Waals surface area contributed by atoms with E-state index in [1.54, 1.807) is 25.1 Å². The summed E-state index contributed by atoms with van der Waals surface area (Å²) >= 11 is 14.3. The predicted octanol–water partition coefficient (Wildman–Crippen LogP) is 5.33. The quantitative estimate of drug-likeness (QED) is 0.226. The van der Waals surface area contributed by atoms with Gasteiger partial charge in [0.15, 0.2) is 0 Å². The summed E-state index contributed by atoms with van der Waals surface area (Å²) in [6, 6.07) is 19.8. The molecular formula is C22H18Cl2IN3O3S. The SMILES string of the molecule is C/C(=N/NC(=O)CN(c1ccc(Cl)c(Cl)c1)S(=O)(=O)c1ccccc1)c1ccc(I)cc1. The largest absolute Gasteiger partial charge is 0.271 e. The molecule has 32 heavy (non-hydrogen) atoms. The number of benzene rings is 3. The standard InChI is InChI=1S/C22H18Cl2IN3O3S/c1-15(16-7-9-17(25)10-8-16)26-27-22(29)14-28(18-11-12-20(23)21(24)13-18)32(30,31)19-5-3-2-4-6-19/h2-13H,14H2,1H3,(H,27,29)/b26-15-. The lowest BCUT2D eigenvalue weighted by molar-refractivity contribution is -0.119. The highest BCUT2D eigenvalue weighted by molar-refractivity contribution is 14.1. The molecule has 10 heteroatoms. The van der Waals surface area contributed by atoms with Gasteiger partial charge in [0, 0.05) is 3.57 Å². The summed E-state index contributed by atoms with van der Waals surface area (Å²) < 4.78 is 28.6. The maximum atomic E-state index is 13.3. The minimum Gasteiger partial charge on any atom is -0.271 e. The topological polar surface area (TPSA) is 78.8 Å². The van der Waals surface area contributed by atoms with E-state index >= 15 is 0 Å². The van der Waals surface area contributed by atoms with E-state index in [0.29, 0.717) is 5.71 Å². The van der Waals surface area contributed by atoms with Crippen molar-refractivity contribution < 1.29 is 13.2 Å². The molecule has 0 bridgehead atoms. The van der Waals surface area contributed by atoms with Gasteiger partial charge >= 0.3 is 0 Å². The van der Waals surface area contributed by atoms with Crippen molar-refractivity contribution in [2.24, 2.45) is 5.10 Å². The van der Waals surface area contributed by atoms with Crippen molar-refractivity contribution in [3.8, 4) is 0 Å². The molecular weight excluding hydrogens is 584 g/mol. The Kier molecular flexibility index (Phi) is 8.16. The van der Waals surface area contributed by atoms with Crippen LogP contribution in [0.2, 0.25) is 10.0 Å². The Balaban J connectivity index is 1.88. The zero-order chi connectivity index (χ0) is 23.3. The Morgan fingerprint density at radius 3 is 2.28 bits per heavy atom. The van der Waals surface area contributed by atoms with Gasteiger partial charge in [-0.15, -0.1) is 0 Å². The number of rotatable bonds is 7. The number of nitrogens with zero attached hydrogens (tertiary/aromatic N) is 2. The van der Waals surface area contributed by atoms with Crippen molar-refractivity contribution >= 4 is 73.1 Å². The maximum Gasteiger partial charge on any atom is 0.264 e. The van der Waals surface area contributed by atoms with Crippen molar-refractivity contribution in [1.82, 2.24) is 5.43 Å². The first-order valence-electron chi connectivity index (χ1n) is 9.30. The monoisotopic (exact) mass is 601 g/mol. The Bertz CT molecular complexity index is 1250. The van der Waals surface area contributed by atoms with Gasteiger partial charge in [-0.05, 0) is 77.5 Å². The number of carbonyl (C=O) groups is 1. The van der Waals surface area contributed by atoms with Gasteiger partial charge < -0.3 is 0 Å². The zero-order valence-electron chi connectivity index (χ0n) is 16.8. The molecule has 1 amide bonds. The third-order valence-electron chi connectivity index (χ3n) is 4.42. The summed E-state index contributed by atoms with van der Waals surface area (Å²) in [6.45, 7) is 1.25. The van der Waals surface area contributed by atoms with Crippen molar-refractivity contribution in [1.29, 1.82) is 0 Å². The predicted molar refractivity (Wildman–Crippen MR) is 137 cm³/mol. The lowest BCUT2D eigenvalue weighted by atomic mass is 10.1. The molecule has 0 saturated carbocycles. The maximum absolute atomic E-state index is 13.3. The highest BCUT2D eigenvalue weighted by Crippen LogP contribution is 2.30. The normalized spacial score (nSPS) is 11.8. The molecule has 0 saturated heterocycles. The van der Waals surface area contributed by atoms with Crippen LogP contribution in [0.3, 0.4) is 0 Å². The first kappa shape index (κ1) is 24.5. The Morgan fingerprint density at radius 1 is 1.00 bits per heavy atom. The van der Waals surface area contributed by atoms with Crippen LogP contribution in [0.5, 0.6) is 0 Å². The van der Waals surface area contributed by atoms with Crippen LogP contribution in [0, 0.1) is 3.57 Å². The third-order valence-corrected chi connectivity index (χ3v) is 7.67. The second-order valence-electron chi connectivity index (χ2n) is 6.66. The molecule has 0 aromatic heterocycles. The fourth-order valence-corrected chi connectivity index (χ4v) is 4.83. The van der Waals surface area contributed by atoms with Gasteiger partial charge in [-0.25, -0.2) is 13.8 Å². The second-order valence-corrected chi connectivity index (χ2v) is 10.6. The molecule has 6 nitrogen and oxygen atoms in total. The van der Waals surface area contributed by atoms with Crippen molar-refractivity contribution in [3.05, 3.63) is 92.0 Å². The van der Waals surface area contributed by atoms with Crippen molar-refractivity contribution in [3.63, 3.8) is 0 Å². The number of carbonyl (C=O) groups excluding carboxylic acids is 1. The van der Waals surface area contributed by atoms with E-state index in [-0.39, 0.29) is 20.6 Å². The summed E-state index contributed by atoms with van der Waals surface area (Å²) in [5.74, 6) is -0.611. The minimum absolute atomic E-state index is 0.0393. The van der Waals surface area contributed by atoms with E-state index < -0.39 is 22.5 Å². The zero-order valence-corrected chi connectivity index (χ0v) is 21.3. The lowest BCUT2D eigenvalue weighted by Gasteiger charge is -2.24. The molecule has 0 aliphatic rings. The molecule has 166 valence electrons. The molecule has 1 N–H and O–H groups in total. The first-order chi connectivity index (χ1) is 15.2. The van der Waals surface area contributed by atoms with Crippen LogP contribution in [0.25, 0.3) is 0 Å². The Labute approximate surface area is 210 Å². The average Bonchev–Trinajstić information content (AvgIpc) is 2.78. The molecule has 0 aliphatic carbocycles. The number of amides is 1. The summed E-state index contributed by atoms with van der Waals surface area (Å²) in [4.78, 5) is 12.7. The van der Waals surface area contributed by atoms with Gasteiger partial charge in [-0.1, -0.05) is 53.5 Å². The molecule has 0 unspecified atom stereocenters. The third kappa shape index (κ3) is 6.00.